The van der Waals surface area contributed by atoms with Crippen LogP contribution in [-0.4, -0.2) is 19.3 Å². The minimum Gasteiger partial charge on any atom is -0.457 e. The van der Waals surface area contributed by atoms with Crippen molar-refractivity contribution in [3.8, 4) is 23.0 Å². The Bertz CT molecular complexity index is 2170. The third kappa shape index (κ3) is 6.20. The number of para-hydroxylation sites is 1. The van der Waals surface area contributed by atoms with Crippen LogP contribution in [0.25, 0.3) is 33.3 Å². The molecule has 5 heteroatoms. The summed E-state index contributed by atoms with van der Waals surface area (Å²) in [6, 6.07) is 25.9. The lowest BCUT2D eigenvalue weighted by molar-refractivity contribution is 0.389. The van der Waals surface area contributed by atoms with Gasteiger partial charge in [-0.2, -0.15) is 5.10 Å². The molecule has 3 atom stereocenters. The molecule has 1 unspecified atom stereocenters. The van der Waals surface area contributed by atoms with Crippen molar-refractivity contribution in [2.75, 3.05) is 0 Å². The second kappa shape index (κ2) is 13.7. The Hall–Kier alpha value is -4.64. The van der Waals surface area contributed by atoms with Gasteiger partial charge in [0, 0.05) is 46.3 Å². The van der Waals surface area contributed by atoms with E-state index >= 15 is 0 Å². The maximum atomic E-state index is 6.80. The fourth-order valence-corrected chi connectivity index (χ4v) is 8.38. The number of fused-ring (bicyclic) bond motifs is 3. The van der Waals surface area contributed by atoms with Crippen LogP contribution in [0.15, 0.2) is 90.6 Å². The quantitative estimate of drug-likeness (QED) is 0.139. The highest BCUT2D eigenvalue weighted by Gasteiger charge is 2.32. The molecule has 0 fully saturated rings. The lowest BCUT2D eigenvalue weighted by Gasteiger charge is -2.33. The van der Waals surface area contributed by atoms with E-state index < -0.39 is 0 Å². The molecule has 1 aliphatic carbocycles. The zero-order valence-corrected chi connectivity index (χ0v) is 30.3. The van der Waals surface area contributed by atoms with Crippen LogP contribution in [0.1, 0.15) is 94.8 Å². The van der Waals surface area contributed by atoms with Crippen LogP contribution in [0, 0.1) is 18.8 Å². The maximum absolute atomic E-state index is 6.80. The van der Waals surface area contributed by atoms with Crippen LogP contribution in [0.5, 0.6) is 11.5 Å². The number of allylic oxidation sites excluding steroid dienone is 2. The third-order valence-corrected chi connectivity index (χ3v) is 10.5. The summed E-state index contributed by atoms with van der Waals surface area (Å²) in [6.45, 7) is 16.0. The summed E-state index contributed by atoms with van der Waals surface area (Å²) < 4.78 is 11.3. The Labute approximate surface area is 291 Å². The van der Waals surface area contributed by atoms with Crippen molar-refractivity contribution in [3.63, 3.8) is 0 Å². The number of aromatic nitrogens is 4. The van der Waals surface area contributed by atoms with Gasteiger partial charge >= 0.3 is 0 Å². The summed E-state index contributed by atoms with van der Waals surface area (Å²) >= 11 is 0. The SMILES string of the molecule is CCCCc1cc(Oc2ccc3c4ccccc4n(-c4cc(C)ccn4)c3c2)cc(-n2nc(CC)c([C@@H]3C(C)=CC(C)C[C@@H]3C)c2CC)c1. The van der Waals surface area contributed by atoms with E-state index in [2.05, 4.69) is 131 Å². The summed E-state index contributed by atoms with van der Waals surface area (Å²) in [7, 11) is 0. The third-order valence-electron chi connectivity index (χ3n) is 10.5. The predicted octanol–water partition coefficient (Wildman–Crippen LogP) is 11.6. The highest BCUT2D eigenvalue weighted by molar-refractivity contribution is 6.09. The minimum atomic E-state index is 0.412. The van der Waals surface area contributed by atoms with Crippen molar-refractivity contribution < 1.29 is 4.74 Å². The first kappa shape index (κ1) is 32.9. The number of aryl methyl sites for hydroxylation is 3. The van der Waals surface area contributed by atoms with Crippen molar-refractivity contribution in [2.45, 2.75) is 92.9 Å². The largest absolute Gasteiger partial charge is 0.457 e. The number of unbranched alkanes of at least 4 members (excludes halogenated alkanes) is 1. The van der Waals surface area contributed by atoms with Gasteiger partial charge in [-0.15, -0.1) is 0 Å². The second-order valence-corrected chi connectivity index (χ2v) is 14.3. The average molecular weight is 651 g/mol. The first-order chi connectivity index (χ1) is 23.8. The molecule has 5 nitrogen and oxygen atoms in total. The zero-order chi connectivity index (χ0) is 34.2. The summed E-state index contributed by atoms with van der Waals surface area (Å²) in [5.41, 5.74) is 11.2. The van der Waals surface area contributed by atoms with Crippen molar-refractivity contribution in [1.82, 2.24) is 19.3 Å². The molecule has 7 rings (SSSR count). The summed E-state index contributed by atoms with van der Waals surface area (Å²) in [6.07, 6.45) is 10.7. The lowest BCUT2D eigenvalue weighted by Crippen LogP contribution is -2.21. The highest BCUT2D eigenvalue weighted by Crippen LogP contribution is 2.44. The maximum Gasteiger partial charge on any atom is 0.137 e. The van der Waals surface area contributed by atoms with Crippen LogP contribution in [-0.2, 0) is 19.3 Å². The number of benzene rings is 3. The molecule has 0 aliphatic heterocycles. The van der Waals surface area contributed by atoms with Crippen LogP contribution < -0.4 is 4.74 Å². The topological polar surface area (TPSA) is 44.9 Å². The van der Waals surface area contributed by atoms with E-state index in [1.165, 1.54) is 50.8 Å². The fourth-order valence-electron chi connectivity index (χ4n) is 8.38. The van der Waals surface area contributed by atoms with Gasteiger partial charge in [-0.3, -0.25) is 4.57 Å². The van der Waals surface area contributed by atoms with Crippen molar-refractivity contribution in [3.05, 3.63) is 119 Å². The Balaban J connectivity index is 1.34. The smallest absolute Gasteiger partial charge is 0.137 e. The first-order valence-corrected chi connectivity index (χ1v) is 18.4. The van der Waals surface area contributed by atoms with E-state index in [0.717, 1.165) is 66.1 Å². The summed E-state index contributed by atoms with van der Waals surface area (Å²) in [4.78, 5) is 4.77. The van der Waals surface area contributed by atoms with E-state index in [0.29, 0.717) is 17.8 Å². The standard InChI is InChI=1S/C44H50N4O/c1-8-11-14-32-24-33(48-39(10-3)44(38(9-2)46-48)43-30(6)21-29(5)22-31(43)7)26-35(25-32)49-34-17-18-37-36-15-12-13-16-40(36)47(41(37)27-34)42-23-28(4)19-20-45-42/h12-13,15-21,23-27,29,31,43H,8-11,14,22H2,1-7H3/t29?,31-,43+/m0/s1. The van der Waals surface area contributed by atoms with Crippen molar-refractivity contribution in [1.29, 1.82) is 0 Å². The van der Waals surface area contributed by atoms with Gasteiger partial charge in [-0.1, -0.05) is 70.9 Å². The molecular formula is C44H50N4O. The van der Waals surface area contributed by atoms with Gasteiger partial charge in [0.2, 0.25) is 0 Å². The average Bonchev–Trinajstić information content (AvgIpc) is 3.62. The van der Waals surface area contributed by atoms with E-state index in [4.69, 9.17) is 14.8 Å². The van der Waals surface area contributed by atoms with E-state index in [-0.39, 0.29) is 0 Å². The summed E-state index contributed by atoms with van der Waals surface area (Å²) in [5.74, 6) is 4.18. The van der Waals surface area contributed by atoms with Gasteiger partial charge in [0.1, 0.15) is 17.3 Å². The zero-order valence-electron chi connectivity index (χ0n) is 30.3. The Kier molecular flexibility index (Phi) is 9.19. The minimum absolute atomic E-state index is 0.412. The molecule has 0 radical (unpaired) electrons. The molecule has 0 bridgehead atoms. The molecule has 49 heavy (non-hydrogen) atoms. The fraction of sp³-hybridized carbons (Fsp3) is 0.364. The van der Waals surface area contributed by atoms with Gasteiger partial charge in [0.05, 0.1) is 22.4 Å². The summed E-state index contributed by atoms with van der Waals surface area (Å²) in [5, 5.41) is 7.73. The first-order valence-electron chi connectivity index (χ1n) is 18.4. The number of rotatable bonds is 10. The van der Waals surface area contributed by atoms with Gasteiger partial charge in [-0.05, 0) is 111 Å². The molecule has 0 N–H and O–H groups in total. The number of pyridine rings is 1. The Morgan fingerprint density at radius 2 is 1.65 bits per heavy atom. The molecule has 3 aromatic carbocycles. The molecule has 252 valence electrons. The number of nitrogens with zero attached hydrogens (tertiary/aromatic N) is 4. The van der Waals surface area contributed by atoms with Crippen LogP contribution in [0.4, 0.5) is 0 Å². The molecule has 6 aromatic rings. The normalized spacial score (nSPS) is 17.9. The van der Waals surface area contributed by atoms with Crippen molar-refractivity contribution >= 4 is 21.8 Å². The molecular weight excluding hydrogens is 601 g/mol. The molecule has 3 aromatic heterocycles. The van der Waals surface area contributed by atoms with Crippen LogP contribution in [0.3, 0.4) is 0 Å². The lowest BCUT2D eigenvalue weighted by atomic mass is 9.72. The predicted molar refractivity (Wildman–Crippen MR) is 204 cm³/mol. The van der Waals surface area contributed by atoms with Crippen LogP contribution in [0.2, 0.25) is 0 Å². The second-order valence-electron chi connectivity index (χ2n) is 14.3. The number of hydrogen-bond acceptors (Lipinski definition) is 3. The Morgan fingerprint density at radius 3 is 2.41 bits per heavy atom. The number of ether oxygens (including phenoxy) is 1. The van der Waals surface area contributed by atoms with Gasteiger partial charge < -0.3 is 4.74 Å². The van der Waals surface area contributed by atoms with E-state index in [9.17, 15) is 0 Å². The Morgan fingerprint density at radius 1 is 0.837 bits per heavy atom. The molecule has 0 spiro atoms. The van der Waals surface area contributed by atoms with Gasteiger partial charge in [-0.25, -0.2) is 9.67 Å². The number of hydrogen-bond donors (Lipinski definition) is 0. The van der Waals surface area contributed by atoms with Crippen LogP contribution >= 0.6 is 0 Å². The van der Waals surface area contributed by atoms with E-state index in [1.807, 2.05) is 12.3 Å². The molecule has 0 saturated carbocycles. The van der Waals surface area contributed by atoms with Gasteiger partial charge in [0.25, 0.3) is 0 Å². The molecule has 0 saturated heterocycles. The van der Waals surface area contributed by atoms with Gasteiger partial charge in [0.15, 0.2) is 0 Å². The molecule has 3 heterocycles. The monoisotopic (exact) mass is 650 g/mol. The highest BCUT2D eigenvalue weighted by atomic mass is 16.5. The van der Waals surface area contributed by atoms with Crippen molar-refractivity contribution in [2.24, 2.45) is 11.8 Å². The van der Waals surface area contributed by atoms with E-state index in [1.54, 1.807) is 0 Å². The molecule has 1 aliphatic rings. The molecule has 0 amide bonds.